The minimum atomic E-state index is -0.834. The molecule has 6 heteroatoms. The zero-order chi connectivity index (χ0) is 18.1. The van der Waals surface area contributed by atoms with Gasteiger partial charge in [0.2, 0.25) is 0 Å². The van der Waals surface area contributed by atoms with Crippen LogP contribution in [0.4, 0.5) is 0 Å². The second-order valence-corrected chi connectivity index (χ2v) is 6.94. The lowest BCUT2D eigenvalue weighted by Crippen LogP contribution is -2.37. The molecule has 1 aromatic rings. The molecule has 0 fully saturated rings. The standard InChI is InChI=1S/C19H24BrNO4/c1-14(19(23)21-11-10-15-6-3-2-4-7-15)25-18(22)13-24-17-9-5-8-16(20)12-17/h5-6,8-9,12,14H,2-4,7,10-11,13H2,1H3,(H,21,23)/t14-/m1/s1. The molecule has 1 aromatic carbocycles. The molecule has 1 N–H and O–H groups in total. The fourth-order valence-corrected chi connectivity index (χ4v) is 2.98. The van der Waals surface area contributed by atoms with Gasteiger partial charge in [-0.05, 0) is 57.2 Å². The van der Waals surface area contributed by atoms with Crippen LogP contribution in [0, 0.1) is 0 Å². The summed E-state index contributed by atoms with van der Waals surface area (Å²) in [6.45, 7) is 1.90. The first-order valence-electron chi connectivity index (χ1n) is 8.58. The van der Waals surface area contributed by atoms with Crippen molar-refractivity contribution >= 4 is 27.8 Å². The van der Waals surface area contributed by atoms with E-state index in [4.69, 9.17) is 9.47 Å². The lowest BCUT2D eigenvalue weighted by Gasteiger charge is -2.16. The third-order valence-electron chi connectivity index (χ3n) is 3.96. The lowest BCUT2D eigenvalue weighted by atomic mass is 9.97. The summed E-state index contributed by atoms with van der Waals surface area (Å²) < 4.78 is 11.3. The topological polar surface area (TPSA) is 64.6 Å². The molecule has 0 heterocycles. The quantitative estimate of drug-likeness (QED) is 0.524. The van der Waals surface area contributed by atoms with Crippen LogP contribution in [0.3, 0.4) is 0 Å². The largest absolute Gasteiger partial charge is 0.482 e. The van der Waals surface area contributed by atoms with E-state index in [1.807, 2.05) is 12.1 Å². The highest BCUT2D eigenvalue weighted by Gasteiger charge is 2.18. The number of hydrogen-bond donors (Lipinski definition) is 1. The van der Waals surface area contributed by atoms with Crippen molar-refractivity contribution in [3.8, 4) is 5.75 Å². The van der Waals surface area contributed by atoms with Crippen molar-refractivity contribution in [3.63, 3.8) is 0 Å². The minimum Gasteiger partial charge on any atom is -0.482 e. The smallest absolute Gasteiger partial charge is 0.344 e. The summed E-state index contributed by atoms with van der Waals surface area (Å²) in [6, 6.07) is 7.17. The SMILES string of the molecule is C[C@@H](OC(=O)COc1cccc(Br)c1)C(=O)NCCC1=CCCCC1. The number of amides is 1. The van der Waals surface area contributed by atoms with Gasteiger partial charge < -0.3 is 14.8 Å². The van der Waals surface area contributed by atoms with Crippen molar-refractivity contribution in [1.29, 1.82) is 0 Å². The summed E-state index contributed by atoms with van der Waals surface area (Å²) in [5.74, 6) is -0.297. The van der Waals surface area contributed by atoms with Crippen LogP contribution in [0.2, 0.25) is 0 Å². The number of carbonyl (C=O) groups is 2. The van der Waals surface area contributed by atoms with E-state index in [1.54, 1.807) is 19.1 Å². The van der Waals surface area contributed by atoms with Crippen LogP contribution >= 0.6 is 15.9 Å². The third-order valence-corrected chi connectivity index (χ3v) is 4.45. The van der Waals surface area contributed by atoms with E-state index >= 15 is 0 Å². The van der Waals surface area contributed by atoms with Crippen LogP contribution in [-0.4, -0.2) is 31.1 Å². The number of esters is 1. The second kappa shape index (κ2) is 10.2. The molecule has 0 saturated carbocycles. The van der Waals surface area contributed by atoms with E-state index in [1.165, 1.54) is 18.4 Å². The van der Waals surface area contributed by atoms with Gasteiger partial charge in [-0.1, -0.05) is 33.6 Å². The molecule has 0 unspecified atom stereocenters. The Kier molecular flexibility index (Phi) is 7.98. The molecule has 1 aliphatic carbocycles. The first kappa shape index (κ1) is 19.5. The maximum atomic E-state index is 12.0. The summed E-state index contributed by atoms with van der Waals surface area (Å²) in [4.78, 5) is 23.8. The molecule has 5 nitrogen and oxygen atoms in total. The van der Waals surface area contributed by atoms with E-state index in [0.717, 1.165) is 23.7 Å². The van der Waals surface area contributed by atoms with Gasteiger partial charge in [0.15, 0.2) is 12.7 Å². The molecule has 1 aliphatic rings. The predicted octanol–water partition coefficient (Wildman–Crippen LogP) is 3.77. The van der Waals surface area contributed by atoms with Gasteiger partial charge in [0.1, 0.15) is 5.75 Å². The van der Waals surface area contributed by atoms with Gasteiger partial charge in [-0.2, -0.15) is 0 Å². The van der Waals surface area contributed by atoms with Crippen molar-refractivity contribution in [1.82, 2.24) is 5.32 Å². The summed E-state index contributed by atoms with van der Waals surface area (Å²) in [5, 5.41) is 2.81. The Morgan fingerprint density at radius 2 is 2.16 bits per heavy atom. The molecule has 0 spiro atoms. The number of halogens is 1. The Bertz CT molecular complexity index is 630. The molecule has 136 valence electrons. The van der Waals surface area contributed by atoms with Gasteiger partial charge in [0.05, 0.1) is 0 Å². The highest BCUT2D eigenvalue weighted by Crippen LogP contribution is 2.19. The van der Waals surface area contributed by atoms with Gasteiger partial charge in [0.25, 0.3) is 5.91 Å². The number of hydrogen-bond acceptors (Lipinski definition) is 4. The first-order chi connectivity index (χ1) is 12.0. The van der Waals surface area contributed by atoms with E-state index in [-0.39, 0.29) is 12.5 Å². The van der Waals surface area contributed by atoms with Crippen LogP contribution in [0.1, 0.15) is 39.0 Å². The number of ether oxygens (including phenoxy) is 2. The van der Waals surface area contributed by atoms with Gasteiger partial charge in [0, 0.05) is 11.0 Å². The van der Waals surface area contributed by atoms with Crippen molar-refractivity contribution in [2.24, 2.45) is 0 Å². The molecule has 0 aromatic heterocycles. The van der Waals surface area contributed by atoms with Crippen molar-refractivity contribution in [2.45, 2.75) is 45.1 Å². The highest BCUT2D eigenvalue weighted by atomic mass is 79.9. The van der Waals surface area contributed by atoms with Gasteiger partial charge in [-0.25, -0.2) is 4.79 Å². The molecular weight excluding hydrogens is 386 g/mol. The fourth-order valence-electron chi connectivity index (χ4n) is 2.61. The Hall–Kier alpha value is -1.82. The number of rotatable bonds is 8. The average molecular weight is 410 g/mol. The first-order valence-corrected chi connectivity index (χ1v) is 9.37. The van der Waals surface area contributed by atoms with Crippen LogP contribution in [0.15, 0.2) is 40.4 Å². The maximum Gasteiger partial charge on any atom is 0.344 e. The zero-order valence-electron chi connectivity index (χ0n) is 14.4. The number of carbonyl (C=O) groups excluding carboxylic acids is 2. The third kappa shape index (κ3) is 7.30. The Morgan fingerprint density at radius 1 is 1.32 bits per heavy atom. The molecule has 25 heavy (non-hydrogen) atoms. The van der Waals surface area contributed by atoms with Gasteiger partial charge in [-0.3, -0.25) is 4.79 Å². The van der Waals surface area contributed by atoms with E-state index in [2.05, 4.69) is 27.3 Å². The number of allylic oxidation sites excluding steroid dienone is 1. The van der Waals surface area contributed by atoms with E-state index < -0.39 is 12.1 Å². The van der Waals surface area contributed by atoms with Crippen molar-refractivity contribution < 1.29 is 19.1 Å². The maximum absolute atomic E-state index is 12.0. The Balaban J connectivity index is 1.65. The Labute approximate surface area is 156 Å². The molecular formula is C19H24BrNO4. The predicted molar refractivity (Wildman–Crippen MR) is 99.4 cm³/mol. The molecule has 1 atom stereocenters. The van der Waals surface area contributed by atoms with Crippen molar-refractivity contribution in [3.05, 3.63) is 40.4 Å². The molecule has 0 bridgehead atoms. The fraction of sp³-hybridized carbons (Fsp3) is 0.474. The number of nitrogens with one attached hydrogen (secondary N) is 1. The summed E-state index contributed by atoms with van der Waals surface area (Å²) >= 11 is 3.33. The molecule has 2 rings (SSSR count). The van der Waals surface area contributed by atoms with Crippen LogP contribution in [-0.2, 0) is 14.3 Å². The second-order valence-electron chi connectivity index (χ2n) is 6.03. The van der Waals surface area contributed by atoms with Gasteiger partial charge >= 0.3 is 5.97 Å². The normalized spacial score (nSPS) is 15.0. The van der Waals surface area contributed by atoms with Crippen LogP contribution in [0.5, 0.6) is 5.75 Å². The highest BCUT2D eigenvalue weighted by molar-refractivity contribution is 9.10. The van der Waals surface area contributed by atoms with Crippen LogP contribution < -0.4 is 10.1 Å². The summed E-state index contributed by atoms with van der Waals surface area (Å²) in [5.41, 5.74) is 1.40. The number of benzene rings is 1. The molecule has 0 aliphatic heterocycles. The summed E-state index contributed by atoms with van der Waals surface area (Å²) in [7, 11) is 0. The molecule has 0 saturated heterocycles. The zero-order valence-corrected chi connectivity index (χ0v) is 16.0. The minimum absolute atomic E-state index is 0.235. The van der Waals surface area contributed by atoms with Crippen molar-refractivity contribution in [2.75, 3.05) is 13.2 Å². The molecule has 0 radical (unpaired) electrons. The van der Waals surface area contributed by atoms with E-state index in [0.29, 0.717) is 12.3 Å². The van der Waals surface area contributed by atoms with E-state index in [9.17, 15) is 9.59 Å². The lowest BCUT2D eigenvalue weighted by molar-refractivity contribution is -0.156. The monoisotopic (exact) mass is 409 g/mol. The average Bonchev–Trinajstić information content (AvgIpc) is 2.61. The Morgan fingerprint density at radius 3 is 2.88 bits per heavy atom. The summed E-state index contributed by atoms with van der Waals surface area (Å²) in [6.07, 6.45) is 7.02. The molecule has 1 amide bonds. The van der Waals surface area contributed by atoms with Crippen LogP contribution in [0.25, 0.3) is 0 Å². The van der Waals surface area contributed by atoms with Gasteiger partial charge in [-0.15, -0.1) is 0 Å².